The maximum atomic E-state index is 11.6. The normalized spacial score (nSPS) is 11.4. The van der Waals surface area contributed by atoms with Crippen molar-refractivity contribution in [3.63, 3.8) is 0 Å². The van der Waals surface area contributed by atoms with Gasteiger partial charge in [0, 0.05) is 0 Å². The molecule has 0 aliphatic heterocycles. The Morgan fingerprint density at radius 1 is 1.28 bits per heavy atom. The first-order valence-corrected chi connectivity index (χ1v) is 7.07. The number of hydrogen-bond donors (Lipinski definition) is 1. The highest BCUT2D eigenvalue weighted by Gasteiger charge is 2.10. The van der Waals surface area contributed by atoms with Gasteiger partial charge in [-0.1, -0.05) is 19.1 Å². The molecule has 0 aliphatic carbocycles. The van der Waals surface area contributed by atoms with E-state index >= 15 is 0 Å². The zero-order valence-corrected chi connectivity index (χ0v) is 10.6. The van der Waals surface area contributed by atoms with Crippen molar-refractivity contribution in [3.8, 4) is 5.88 Å². The summed E-state index contributed by atoms with van der Waals surface area (Å²) in [6, 6.07) is 6.62. The average Bonchev–Trinajstić information content (AvgIpc) is 2.90. The second-order valence-electron chi connectivity index (χ2n) is 3.64. The van der Waals surface area contributed by atoms with Crippen LogP contribution >= 0.6 is 0 Å². The molecule has 96 valence electrons. The number of ether oxygens (including phenoxy) is 1. The van der Waals surface area contributed by atoms with Crippen LogP contribution in [0.2, 0.25) is 0 Å². The predicted octanol–water partition coefficient (Wildman–Crippen LogP) is 1.18. The SMILES string of the molecule is CCS(=O)(=O)c1ccc(COc2cn[nH]n2)cc1. The average molecular weight is 267 g/mol. The summed E-state index contributed by atoms with van der Waals surface area (Å²) in [7, 11) is -3.14. The van der Waals surface area contributed by atoms with E-state index in [2.05, 4.69) is 15.4 Å². The number of rotatable bonds is 5. The molecule has 1 aromatic heterocycles. The number of sulfone groups is 1. The maximum Gasteiger partial charge on any atom is 0.253 e. The standard InChI is InChI=1S/C11H13N3O3S/c1-2-18(15,16)10-5-3-9(4-6-10)8-17-11-7-12-14-13-11/h3-7H,2,8H2,1H3,(H,12,13,14). The Hall–Kier alpha value is -1.89. The lowest BCUT2D eigenvalue weighted by Crippen LogP contribution is -2.04. The number of aromatic nitrogens is 3. The minimum absolute atomic E-state index is 0.0990. The molecule has 0 radical (unpaired) electrons. The number of H-pyrrole nitrogens is 1. The van der Waals surface area contributed by atoms with Crippen LogP contribution in [0.3, 0.4) is 0 Å². The molecular weight excluding hydrogens is 254 g/mol. The lowest BCUT2D eigenvalue weighted by Gasteiger charge is -2.04. The van der Waals surface area contributed by atoms with Crippen molar-refractivity contribution in [1.29, 1.82) is 0 Å². The van der Waals surface area contributed by atoms with Gasteiger partial charge in [0.05, 0.1) is 10.6 Å². The summed E-state index contributed by atoms with van der Waals surface area (Å²) in [6.45, 7) is 1.94. The van der Waals surface area contributed by atoms with Crippen molar-refractivity contribution in [1.82, 2.24) is 15.4 Å². The minimum atomic E-state index is -3.14. The lowest BCUT2D eigenvalue weighted by molar-refractivity contribution is 0.293. The second-order valence-corrected chi connectivity index (χ2v) is 5.92. The number of nitrogens with one attached hydrogen (secondary N) is 1. The van der Waals surface area contributed by atoms with E-state index in [1.165, 1.54) is 6.20 Å². The van der Waals surface area contributed by atoms with Crippen molar-refractivity contribution in [2.24, 2.45) is 0 Å². The Morgan fingerprint density at radius 2 is 2.00 bits per heavy atom. The molecule has 0 fully saturated rings. The molecular formula is C11H13N3O3S. The minimum Gasteiger partial charge on any atom is -0.471 e. The lowest BCUT2D eigenvalue weighted by atomic mass is 10.2. The van der Waals surface area contributed by atoms with Crippen LogP contribution in [0, 0.1) is 0 Å². The molecule has 7 heteroatoms. The molecule has 0 unspecified atom stereocenters. The largest absolute Gasteiger partial charge is 0.471 e. The first kappa shape index (κ1) is 12.6. The molecule has 2 rings (SSSR count). The Labute approximate surface area is 105 Å². The van der Waals surface area contributed by atoms with Gasteiger partial charge in [0.15, 0.2) is 9.84 Å². The fourth-order valence-corrected chi connectivity index (χ4v) is 2.26. The van der Waals surface area contributed by atoms with Crippen LogP contribution in [-0.2, 0) is 16.4 Å². The monoisotopic (exact) mass is 267 g/mol. The topological polar surface area (TPSA) is 84.9 Å². The molecule has 1 aromatic carbocycles. The van der Waals surface area contributed by atoms with Crippen molar-refractivity contribution >= 4 is 9.84 Å². The summed E-state index contributed by atoms with van der Waals surface area (Å²) in [5.41, 5.74) is 0.869. The molecule has 0 saturated carbocycles. The van der Waals surface area contributed by atoms with E-state index in [1.807, 2.05) is 0 Å². The summed E-state index contributed by atoms with van der Waals surface area (Å²) in [5, 5.41) is 9.80. The van der Waals surface area contributed by atoms with E-state index in [4.69, 9.17) is 4.74 Å². The van der Waals surface area contributed by atoms with E-state index in [0.717, 1.165) is 5.56 Å². The van der Waals surface area contributed by atoms with Gasteiger partial charge in [-0.25, -0.2) is 8.42 Å². The maximum absolute atomic E-state index is 11.6. The molecule has 0 aliphatic rings. The van der Waals surface area contributed by atoms with Crippen LogP contribution in [0.25, 0.3) is 0 Å². The molecule has 0 spiro atoms. The number of hydrogen-bond acceptors (Lipinski definition) is 5. The van der Waals surface area contributed by atoms with Crippen LogP contribution in [0.1, 0.15) is 12.5 Å². The molecule has 0 bridgehead atoms. The van der Waals surface area contributed by atoms with E-state index in [9.17, 15) is 8.42 Å². The van der Waals surface area contributed by atoms with Gasteiger partial charge in [0.2, 0.25) is 0 Å². The zero-order valence-electron chi connectivity index (χ0n) is 9.83. The van der Waals surface area contributed by atoms with E-state index in [0.29, 0.717) is 17.4 Å². The molecule has 1 N–H and O–H groups in total. The highest BCUT2D eigenvalue weighted by atomic mass is 32.2. The van der Waals surface area contributed by atoms with Crippen molar-refractivity contribution < 1.29 is 13.2 Å². The summed E-state index contributed by atoms with van der Waals surface area (Å²) < 4.78 is 28.5. The fraction of sp³-hybridized carbons (Fsp3) is 0.273. The highest BCUT2D eigenvalue weighted by Crippen LogP contribution is 2.13. The van der Waals surface area contributed by atoms with Gasteiger partial charge >= 0.3 is 0 Å². The van der Waals surface area contributed by atoms with Crippen LogP contribution in [0.5, 0.6) is 5.88 Å². The van der Waals surface area contributed by atoms with Crippen LogP contribution in [0.15, 0.2) is 35.4 Å². The van der Waals surface area contributed by atoms with Gasteiger partial charge in [0.1, 0.15) is 12.8 Å². The molecule has 18 heavy (non-hydrogen) atoms. The smallest absolute Gasteiger partial charge is 0.253 e. The van der Waals surface area contributed by atoms with Crippen LogP contribution < -0.4 is 4.74 Å². The van der Waals surface area contributed by atoms with Crippen molar-refractivity contribution in [2.45, 2.75) is 18.4 Å². The molecule has 0 amide bonds. The second kappa shape index (κ2) is 5.18. The van der Waals surface area contributed by atoms with E-state index in [-0.39, 0.29) is 5.75 Å². The molecule has 6 nitrogen and oxygen atoms in total. The summed E-state index contributed by atoms with van der Waals surface area (Å²) in [4.78, 5) is 0.329. The van der Waals surface area contributed by atoms with Crippen molar-refractivity contribution in [3.05, 3.63) is 36.0 Å². The summed E-state index contributed by atoms with van der Waals surface area (Å²) in [6.07, 6.45) is 1.47. The third-order valence-electron chi connectivity index (χ3n) is 2.44. The highest BCUT2D eigenvalue weighted by molar-refractivity contribution is 7.91. The number of nitrogens with zero attached hydrogens (tertiary/aromatic N) is 2. The van der Waals surface area contributed by atoms with E-state index < -0.39 is 9.84 Å². The van der Waals surface area contributed by atoms with Gasteiger partial charge < -0.3 is 4.74 Å². The zero-order chi connectivity index (χ0) is 13.0. The van der Waals surface area contributed by atoms with Crippen LogP contribution in [-0.4, -0.2) is 29.6 Å². The number of benzene rings is 1. The van der Waals surface area contributed by atoms with Crippen molar-refractivity contribution in [2.75, 3.05) is 5.75 Å². The first-order valence-electron chi connectivity index (χ1n) is 5.42. The van der Waals surface area contributed by atoms with E-state index in [1.54, 1.807) is 31.2 Å². The van der Waals surface area contributed by atoms with Crippen LogP contribution in [0.4, 0.5) is 0 Å². The quantitative estimate of drug-likeness (QED) is 0.879. The van der Waals surface area contributed by atoms with Gasteiger partial charge in [-0.05, 0) is 17.7 Å². The van der Waals surface area contributed by atoms with Gasteiger partial charge in [-0.3, -0.25) is 0 Å². The molecule has 0 saturated heterocycles. The Kier molecular flexibility index (Phi) is 3.61. The molecule has 2 aromatic rings. The molecule has 0 atom stereocenters. The number of aromatic amines is 1. The third kappa shape index (κ3) is 2.86. The van der Waals surface area contributed by atoms with Gasteiger partial charge in [-0.2, -0.15) is 10.3 Å². The predicted molar refractivity (Wildman–Crippen MR) is 64.9 cm³/mol. The fourth-order valence-electron chi connectivity index (χ4n) is 1.38. The summed E-state index contributed by atoms with van der Waals surface area (Å²) in [5.74, 6) is 0.502. The van der Waals surface area contributed by atoms with Gasteiger partial charge in [-0.15, -0.1) is 5.10 Å². The molecule has 1 heterocycles. The Morgan fingerprint density at radius 3 is 2.56 bits per heavy atom. The first-order chi connectivity index (χ1) is 8.62. The Bertz CT molecular complexity index is 591. The van der Waals surface area contributed by atoms with Gasteiger partial charge in [0.25, 0.3) is 5.88 Å². The third-order valence-corrected chi connectivity index (χ3v) is 4.19. The Balaban J connectivity index is 2.04. The summed E-state index contributed by atoms with van der Waals surface area (Å²) >= 11 is 0.